The van der Waals surface area contributed by atoms with Gasteiger partial charge in [-0.1, -0.05) is 6.08 Å². The van der Waals surface area contributed by atoms with Crippen molar-refractivity contribution in [3.05, 3.63) is 46.5 Å². The van der Waals surface area contributed by atoms with Gasteiger partial charge in [-0.3, -0.25) is 14.9 Å². The van der Waals surface area contributed by atoms with Crippen molar-refractivity contribution in [3.8, 4) is 0 Å². The molecule has 114 valence electrons. The zero-order valence-corrected chi connectivity index (χ0v) is 12.7. The maximum atomic E-state index is 11.7. The second-order valence-corrected chi connectivity index (χ2v) is 5.29. The Balaban J connectivity index is 2.77. The van der Waals surface area contributed by atoms with Crippen LogP contribution in [0.5, 0.6) is 0 Å². The number of hydrogen-bond acceptors (Lipinski definition) is 5. The van der Waals surface area contributed by atoms with Crippen LogP contribution in [-0.2, 0) is 0 Å². The summed E-state index contributed by atoms with van der Waals surface area (Å²) in [6, 6.07) is 4.45. The van der Waals surface area contributed by atoms with E-state index in [2.05, 4.69) is 17.2 Å². The second kappa shape index (κ2) is 9.02. The predicted octanol–water partition coefficient (Wildman–Crippen LogP) is 2.68. The maximum Gasteiger partial charge on any atom is 0.293 e. The molecule has 7 heteroatoms. The van der Waals surface area contributed by atoms with Crippen LogP contribution in [0.1, 0.15) is 17.3 Å². The molecule has 6 nitrogen and oxygen atoms in total. The van der Waals surface area contributed by atoms with Gasteiger partial charge in [0.1, 0.15) is 5.69 Å². The van der Waals surface area contributed by atoms with E-state index in [9.17, 15) is 14.9 Å². The molecule has 1 aromatic rings. The Morgan fingerprint density at radius 2 is 2.29 bits per heavy atom. The van der Waals surface area contributed by atoms with Crippen LogP contribution in [0.3, 0.4) is 0 Å². The molecule has 0 heterocycles. The number of benzene rings is 1. The zero-order chi connectivity index (χ0) is 15.7. The Labute approximate surface area is 128 Å². The standard InChI is InChI=1S/C14H19N3O3S/c1-3-8-21-9-7-16-12-6-5-11(14(18)15-4-2)10-13(12)17(19)20/h3,5-6,10,16H,1,4,7-9H2,2H3,(H,15,18). The van der Waals surface area contributed by atoms with Gasteiger partial charge in [-0.15, -0.1) is 6.58 Å². The lowest BCUT2D eigenvalue weighted by Gasteiger charge is -2.08. The fraction of sp³-hybridized carbons (Fsp3) is 0.357. The minimum Gasteiger partial charge on any atom is -0.379 e. The highest BCUT2D eigenvalue weighted by molar-refractivity contribution is 7.99. The first-order valence-corrected chi connectivity index (χ1v) is 7.74. The summed E-state index contributed by atoms with van der Waals surface area (Å²) in [6.07, 6.45) is 1.81. The number of hydrogen-bond donors (Lipinski definition) is 2. The summed E-state index contributed by atoms with van der Waals surface area (Å²) in [4.78, 5) is 22.3. The van der Waals surface area contributed by atoms with Gasteiger partial charge in [0.05, 0.1) is 4.92 Å². The van der Waals surface area contributed by atoms with Crippen LogP contribution >= 0.6 is 11.8 Å². The number of carbonyl (C=O) groups is 1. The second-order valence-electron chi connectivity index (χ2n) is 4.14. The zero-order valence-electron chi connectivity index (χ0n) is 11.9. The van der Waals surface area contributed by atoms with Crippen LogP contribution in [-0.4, -0.2) is 35.4 Å². The number of nitrogens with zero attached hydrogens (tertiary/aromatic N) is 1. The Hall–Kier alpha value is -2.02. The van der Waals surface area contributed by atoms with Gasteiger partial charge < -0.3 is 10.6 Å². The van der Waals surface area contributed by atoms with Gasteiger partial charge in [0.15, 0.2) is 0 Å². The fourth-order valence-corrected chi connectivity index (χ4v) is 2.24. The van der Waals surface area contributed by atoms with Crippen LogP contribution in [0.15, 0.2) is 30.9 Å². The number of nitro benzene ring substituents is 1. The molecule has 0 saturated carbocycles. The van der Waals surface area contributed by atoms with Gasteiger partial charge in [-0.2, -0.15) is 11.8 Å². The van der Waals surface area contributed by atoms with Crippen molar-refractivity contribution >= 4 is 29.0 Å². The van der Waals surface area contributed by atoms with Crippen molar-refractivity contribution in [2.45, 2.75) is 6.92 Å². The monoisotopic (exact) mass is 309 g/mol. The van der Waals surface area contributed by atoms with Gasteiger partial charge in [-0.05, 0) is 19.1 Å². The summed E-state index contributed by atoms with van der Waals surface area (Å²) in [6.45, 7) is 6.51. The van der Waals surface area contributed by atoms with E-state index in [1.165, 1.54) is 6.07 Å². The minimum absolute atomic E-state index is 0.0903. The molecular weight excluding hydrogens is 290 g/mol. The third-order valence-corrected chi connectivity index (χ3v) is 3.56. The van der Waals surface area contributed by atoms with E-state index in [4.69, 9.17) is 0 Å². The van der Waals surface area contributed by atoms with Crippen molar-refractivity contribution in [2.24, 2.45) is 0 Å². The smallest absolute Gasteiger partial charge is 0.293 e. The molecule has 0 unspecified atom stereocenters. The van der Waals surface area contributed by atoms with Gasteiger partial charge in [0.25, 0.3) is 11.6 Å². The summed E-state index contributed by atoms with van der Waals surface area (Å²) in [5.74, 6) is 1.36. The molecule has 0 saturated heterocycles. The summed E-state index contributed by atoms with van der Waals surface area (Å²) in [5.41, 5.74) is 0.620. The molecule has 0 fully saturated rings. The highest BCUT2D eigenvalue weighted by Gasteiger charge is 2.16. The number of thioether (sulfide) groups is 1. The van der Waals surface area contributed by atoms with E-state index in [-0.39, 0.29) is 17.2 Å². The third-order valence-electron chi connectivity index (χ3n) is 2.59. The topological polar surface area (TPSA) is 84.3 Å². The Kier molecular flexibility index (Phi) is 7.31. The average molecular weight is 309 g/mol. The van der Waals surface area contributed by atoms with Crippen LogP contribution in [0, 0.1) is 10.1 Å². The lowest BCUT2D eigenvalue weighted by Crippen LogP contribution is -2.22. The van der Waals surface area contributed by atoms with E-state index in [0.717, 1.165) is 11.5 Å². The number of carbonyl (C=O) groups excluding carboxylic acids is 1. The van der Waals surface area contributed by atoms with Crippen molar-refractivity contribution in [1.82, 2.24) is 5.32 Å². The van der Waals surface area contributed by atoms with Gasteiger partial charge in [0.2, 0.25) is 0 Å². The third kappa shape index (κ3) is 5.47. The van der Waals surface area contributed by atoms with E-state index in [1.54, 1.807) is 30.8 Å². The highest BCUT2D eigenvalue weighted by Crippen LogP contribution is 2.25. The van der Waals surface area contributed by atoms with Gasteiger partial charge in [-0.25, -0.2) is 0 Å². The number of nitro groups is 1. The lowest BCUT2D eigenvalue weighted by atomic mass is 10.1. The maximum absolute atomic E-state index is 11.7. The Morgan fingerprint density at radius 3 is 2.90 bits per heavy atom. The molecule has 1 amide bonds. The summed E-state index contributed by atoms with van der Waals surface area (Å²) >= 11 is 1.69. The molecule has 21 heavy (non-hydrogen) atoms. The molecule has 0 aliphatic rings. The number of rotatable bonds is 9. The van der Waals surface area contributed by atoms with Crippen LogP contribution in [0.25, 0.3) is 0 Å². The summed E-state index contributed by atoms with van der Waals surface area (Å²) in [7, 11) is 0. The molecule has 0 atom stereocenters. The first-order valence-electron chi connectivity index (χ1n) is 6.59. The number of anilines is 1. The van der Waals surface area contributed by atoms with Gasteiger partial charge in [0, 0.05) is 36.2 Å². The van der Waals surface area contributed by atoms with Crippen LogP contribution in [0.4, 0.5) is 11.4 Å². The number of amides is 1. The van der Waals surface area contributed by atoms with Crippen LogP contribution < -0.4 is 10.6 Å². The first kappa shape index (κ1) is 17.0. The molecule has 0 bridgehead atoms. The van der Waals surface area contributed by atoms with E-state index < -0.39 is 4.92 Å². The van der Waals surface area contributed by atoms with Crippen molar-refractivity contribution in [2.75, 3.05) is 29.9 Å². The summed E-state index contributed by atoms with van der Waals surface area (Å²) < 4.78 is 0. The normalized spacial score (nSPS) is 9.95. The molecule has 0 aromatic heterocycles. The fourth-order valence-electron chi connectivity index (χ4n) is 1.66. The average Bonchev–Trinajstić information content (AvgIpc) is 2.47. The summed E-state index contributed by atoms with van der Waals surface area (Å²) in [5, 5.41) is 16.7. The first-order chi connectivity index (χ1) is 10.1. The molecule has 0 aliphatic carbocycles. The molecule has 1 aromatic carbocycles. The highest BCUT2D eigenvalue weighted by atomic mass is 32.2. The van der Waals surface area contributed by atoms with E-state index in [0.29, 0.717) is 18.8 Å². The Bertz CT molecular complexity index is 520. The lowest BCUT2D eigenvalue weighted by molar-refractivity contribution is -0.384. The van der Waals surface area contributed by atoms with Gasteiger partial charge >= 0.3 is 0 Å². The number of nitrogens with one attached hydrogen (secondary N) is 2. The minimum atomic E-state index is -0.484. The van der Waals surface area contributed by atoms with E-state index in [1.807, 2.05) is 6.08 Å². The SMILES string of the molecule is C=CCSCCNc1ccc(C(=O)NCC)cc1[N+](=O)[O-]. The predicted molar refractivity (Wildman–Crippen MR) is 87.1 cm³/mol. The molecule has 0 aliphatic heterocycles. The van der Waals surface area contributed by atoms with E-state index >= 15 is 0 Å². The molecule has 0 spiro atoms. The molecule has 1 rings (SSSR count). The van der Waals surface area contributed by atoms with Crippen LogP contribution in [0.2, 0.25) is 0 Å². The molecule has 2 N–H and O–H groups in total. The molecule has 0 radical (unpaired) electrons. The van der Waals surface area contributed by atoms with Crippen molar-refractivity contribution in [1.29, 1.82) is 0 Å². The quantitative estimate of drug-likeness (QED) is 0.317. The largest absolute Gasteiger partial charge is 0.379 e. The van der Waals surface area contributed by atoms with Crippen molar-refractivity contribution < 1.29 is 9.72 Å². The molecular formula is C14H19N3O3S. The van der Waals surface area contributed by atoms with Crippen molar-refractivity contribution in [3.63, 3.8) is 0 Å². The Morgan fingerprint density at radius 1 is 1.52 bits per heavy atom.